The van der Waals surface area contributed by atoms with Crippen LogP contribution in [-0.4, -0.2) is 48.6 Å². The van der Waals surface area contributed by atoms with Crippen LogP contribution >= 0.6 is 0 Å². The van der Waals surface area contributed by atoms with E-state index in [1.165, 1.54) is 0 Å². The second kappa shape index (κ2) is 8.23. The lowest BCUT2D eigenvalue weighted by Crippen LogP contribution is -2.19. The van der Waals surface area contributed by atoms with E-state index in [1.54, 1.807) is 6.33 Å². The van der Waals surface area contributed by atoms with Crippen molar-refractivity contribution in [1.29, 1.82) is 0 Å². The van der Waals surface area contributed by atoms with E-state index < -0.39 is 0 Å². The lowest BCUT2D eigenvalue weighted by Gasteiger charge is -2.20. The first-order valence-electron chi connectivity index (χ1n) is 9.95. The number of nitrogens with one attached hydrogen (secondary N) is 1. The predicted octanol–water partition coefficient (Wildman–Crippen LogP) is 3.71. The lowest BCUT2D eigenvalue weighted by atomic mass is 10.2. The third-order valence-corrected chi connectivity index (χ3v) is 5.10. The first kappa shape index (κ1) is 18.1. The van der Waals surface area contributed by atoms with Crippen molar-refractivity contribution in [2.75, 3.05) is 31.7 Å². The van der Waals surface area contributed by atoms with Gasteiger partial charge < -0.3 is 24.3 Å². The second-order valence-corrected chi connectivity index (χ2v) is 7.24. The summed E-state index contributed by atoms with van der Waals surface area (Å²) >= 11 is 0. The third kappa shape index (κ3) is 4.11. The van der Waals surface area contributed by atoms with Crippen LogP contribution in [0.4, 0.5) is 11.5 Å². The smallest absolute Gasteiger partial charge is 0.163 e. The van der Waals surface area contributed by atoms with Gasteiger partial charge in [-0.1, -0.05) is 18.2 Å². The minimum atomic E-state index is 0.0183. The molecule has 2 unspecified atom stereocenters. The largest absolute Gasteiger partial charge is 0.484 e. The zero-order valence-electron chi connectivity index (χ0n) is 16.0. The van der Waals surface area contributed by atoms with E-state index >= 15 is 0 Å². The van der Waals surface area contributed by atoms with Crippen molar-refractivity contribution in [3.8, 4) is 11.5 Å². The van der Waals surface area contributed by atoms with Gasteiger partial charge in [0.1, 0.15) is 24.4 Å². The Balaban J connectivity index is 1.52. The minimum Gasteiger partial charge on any atom is -0.484 e. The fourth-order valence-corrected chi connectivity index (χ4v) is 3.58. The number of hydrogen-bond donors (Lipinski definition) is 1. The second-order valence-electron chi connectivity index (χ2n) is 7.24. The number of nitrogens with zero attached hydrogens (tertiary/aromatic N) is 2. The number of benzene rings is 2. The summed E-state index contributed by atoms with van der Waals surface area (Å²) in [5.74, 6) is 2.10. The summed E-state index contributed by atoms with van der Waals surface area (Å²) in [4.78, 5) is 8.89. The number of hydrogen-bond acceptors (Lipinski definition) is 7. The van der Waals surface area contributed by atoms with Gasteiger partial charge in [-0.2, -0.15) is 0 Å². The minimum absolute atomic E-state index is 0.0183. The Morgan fingerprint density at radius 3 is 2.21 bits per heavy atom. The predicted molar refractivity (Wildman–Crippen MR) is 109 cm³/mol. The van der Waals surface area contributed by atoms with E-state index in [-0.39, 0.29) is 12.2 Å². The Morgan fingerprint density at radius 2 is 1.55 bits per heavy atom. The Morgan fingerprint density at radius 1 is 0.862 bits per heavy atom. The molecule has 1 aromatic heterocycles. The van der Waals surface area contributed by atoms with E-state index in [4.69, 9.17) is 18.9 Å². The van der Waals surface area contributed by atoms with Gasteiger partial charge in [-0.25, -0.2) is 9.97 Å². The normalized spacial score (nSPS) is 21.4. The van der Waals surface area contributed by atoms with E-state index in [0.717, 1.165) is 48.5 Å². The molecule has 0 bridgehead atoms. The Hall–Kier alpha value is -2.90. The van der Waals surface area contributed by atoms with Crippen LogP contribution < -0.4 is 14.8 Å². The highest BCUT2D eigenvalue weighted by atomic mass is 16.6. The van der Waals surface area contributed by atoms with Gasteiger partial charge in [0, 0.05) is 30.0 Å². The van der Waals surface area contributed by atoms with E-state index in [0.29, 0.717) is 24.7 Å². The molecule has 2 saturated heterocycles. The highest BCUT2D eigenvalue weighted by Gasteiger charge is 2.24. The summed E-state index contributed by atoms with van der Waals surface area (Å²) in [5, 5.41) is 4.24. The molecule has 2 aliphatic heterocycles. The van der Waals surface area contributed by atoms with Crippen molar-refractivity contribution in [1.82, 2.24) is 9.97 Å². The van der Waals surface area contributed by atoms with Crippen molar-refractivity contribution < 1.29 is 18.9 Å². The van der Waals surface area contributed by atoms with Gasteiger partial charge in [-0.05, 0) is 18.2 Å². The number of aromatic nitrogens is 2. The van der Waals surface area contributed by atoms with Gasteiger partial charge in [0.25, 0.3) is 0 Å². The molecule has 5 rings (SSSR count). The summed E-state index contributed by atoms with van der Waals surface area (Å²) in [7, 11) is 0. The van der Waals surface area contributed by atoms with Crippen LogP contribution in [0.15, 0.2) is 48.8 Å². The fourth-order valence-electron chi connectivity index (χ4n) is 3.58. The molecule has 0 spiro atoms. The molecule has 7 nitrogen and oxygen atoms in total. The topological polar surface area (TPSA) is 74.7 Å². The van der Waals surface area contributed by atoms with Crippen molar-refractivity contribution in [3.63, 3.8) is 0 Å². The first-order chi connectivity index (χ1) is 14.3. The number of rotatable bonds is 6. The summed E-state index contributed by atoms with van der Waals surface area (Å²) in [6.45, 7) is 2.62. The maximum absolute atomic E-state index is 6.26. The molecule has 0 aliphatic carbocycles. The maximum Gasteiger partial charge on any atom is 0.163 e. The van der Waals surface area contributed by atoms with Crippen molar-refractivity contribution in [3.05, 3.63) is 48.8 Å². The van der Waals surface area contributed by atoms with E-state index in [1.807, 2.05) is 42.5 Å². The molecule has 7 heteroatoms. The fraction of sp³-hybridized carbons (Fsp3) is 0.364. The average Bonchev–Trinajstić information content (AvgIpc) is 3.44. The number of para-hydroxylation sites is 1. The molecule has 0 amide bonds. The monoisotopic (exact) mass is 393 g/mol. The van der Waals surface area contributed by atoms with Crippen LogP contribution in [0.2, 0.25) is 0 Å². The van der Waals surface area contributed by atoms with Crippen LogP contribution in [0.5, 0.6) is 11.5 Å². The van der Waals surface area contributed by atoms with Crippen LogP contribution in [0.25, 0.3) is 10.9 Å². The van der Waals surface area contributed by atoms with Gasteiger partial charge in [-0.15, -0.1) is 0 Å². The van der Waals surface area contributed by atoms with Gasteiger partial charge in [-0.3, -0.25) is 0 Å². The summed E-state index contributed by atoms with van der Waals surface area (Å²) < 4.78 is 23.4. The van der Waals surface area contributed by atoms with Gasteiger partial charge in [0.05, 0.1) is 31.9 Å². The molecule has 2 aliphatic rings. The molecule has 0 radical (unpaired) electrons. The molecule has 2 aromatic carbocycles. The van der Waals surface area contributed by atoms with Crippen molar-refractivity contribution in [2.45, 2.75) is 25.0 Å². The van der Waals surface area contributed by atoms with Crippen molar-refractivity contribution in [2.24, 2.45) is 0 Å². The van der Waals surface area contributed by atoms with Crippen molar-refractivity contribution >= 4 is 22.4 Å². The summed E-state index contributed by atoms with van der Waals surface area (Å²) in [6.07, 6.45) is 3.34. The SMILES string of the molecule is c1ccc(Nc2ncnc3cc(OC4CCOC4)c(OC4CCOC4)cc23)cc1. The quantitative estimate of drug-likeness (QED) is 0.684. The molecular weight excluding hydrogens is 370 g/mol. The third-order valence-electron chi connectivity index (χ3n) is 5.10. The summed E-state index contributed by atoms with van der Waals surface area (Å²) in [5.41, 5.74) is 1.75. The van der Waals surface area contributed by atoms with Gasteiger partial charge in [0.15, 0.2) is 11.5 Å². The number of ether oxygens (including phenoxy) is 4. The molecule has 0 saturated carbocycles. The number of fused-ring (bicyclic) bond motifs is 1. The molecular formula is C22H23N3O4. The first-order valence-corrected chi connectivity index (χ1v) is 9.95. The van der Waals surface area contributed by atoms with Crippen LogP contribution in [-0.2, 0) is 9.47 Å². The number of anilines is 2. The zero-order valence-corrected chi connectivity index (χ0v) is 16.0. The Bertz CT molecular complexity index is 970. The Labute approximate surface area is 169 Å². The molecule has 150 valence electrons. The van der Waals surface area contributed by atoms with Gasteiger partial charge >= 0.3 is 0 Å². The molecule has 29 heavy (non-hydrogen) atoms. The Kier molecular flexibility index (Phi) is 5.15. The molecule has 3 aromatic rings. The molecule has 1 N–H and O–H groups in total. The molecule has 2 atom stereocenters. The highest BCUT2D eigenvalue weighted by molar-refractivity contribution is 5.93. The highest BCUT2D eigenvalue weighted by Crippen LogP contribution is 2.37. The van der Waals surface area contributed by atoms with E-state index in [2.05, 4.69) is 15.3 Å². The maximum atomic E-state index is 6.26. The van der Waals surface area contributed by atoms with Gasteiger partial charge in [0.2, 0.25) is 0 Å². The van der Waals surface area contributed by atoms with E-state index in [9.17, 15) is 0 Å². The van der Waals surface area contributed by atoms with Crippen LogP contribution in [0, 0.1) is 0 Å². The molecule has 2 fully saturated rings. The summed E-state index contributed by atoms with van der Waals surface area (Å²) in [6, 6.07) is 13.8. The van der Waals surface area contributed by atoms with Crippen LogP contribution in [0.3, 0.4) is 0 Å². The average molecular weight is 393 g/mol. The zero-order chi connectivity index (χ0) is 19.5. The lowest BCUT2D eigenvalue weighted by molar-refractivity contribution is 0.123. The van der Waals surface area contributed by atoms with Crippen LogP contribution in [0.1, 0.15) is 12.8 Å². The molecule has 3 heterocycles. The standard InChI is InChI=1S/C22H23N3O4/c1-2-4-15(5-3-1)25-22-18-10-20(28-16-6-8-26-12-16)21(11-19(18)23-14-24-22)29-17-7-9-27-13-17/h1-5,10-11,14,16-17H,6-9,12-13H2,(H,23,24,25).